The summed E-state index contributed by atoms with van der Waals surface area (Å²) < 4.78 is 5.47. The van der Waals surface area contributed by atoms with Crippen LogP contribution in [0.5, 0.6) is 5.75 Å². The number of ether oxygens (including phenoxy) is 1. The van der Waals surface area contributed by atoms with Gasteiger partial charge in [0.2, 0.25) is 0 Å². The second-order valence-electron chi connectivity index (χ2n) is 2.82. The zero-order valence-electron chi connectivity index (χ0n) is 8.47. The molecule has 0 aliphatic carbocycles. The van der Waals surface area contributed by atoms with Gasteiger partial charge in [0.25, 0.3) is 0 Å². The Morgan fingerprint density at radius 1 is 1.38 bits per heavy atom. The molecule has 0 radical (unpaired) electrons. The standard InChI is InChI=1S/C10H10O5Se/c1-15-6-3-2-4-7(9(6)10(13)14)16-5-8(11)12/h2-4H,5H2,1H3,(H,11,12)(H,13,14). The first kappa shape index (κ1) is 12.5. The molecule has 0 heterocycles. The van der Waals surface area contributed by atoms with Gasteiger partial charge in [0.15, 0.2) is 0 Å². The number of carboxylic acids is 2. The Labute approximate surface area is 98.2 Å². The summed E-state index contributed by atoms with van der Waals surface area (Å²) in [6.45, 7) is 0. The van der Waals surface area contributed by atoms with Crippen LogP contribution in [0.2, 0.25) is 5.32 Å². The molecule has 0 unspecified atom stereocenters. The van der Waals surface area contributed by atoms with E-state index in [1.807, 2.05) is 0 Å². The Morgan fingerprint density at radius 2 is 2.06 bits per heavy atom. The minimum atomic E-state index is -1.10. The van der Waals surface area contributed by atoms with Crippen LogP contribution in [-0.2, 0) is 4.79 Å². The third-order valence-corrected chi connectivity index (χ3v) is 3.96. The molecule has 0 aliphatic rings. The second kappa shape index (κ2) is 5.53. The van der Waals surface area contributed by atoms with E-state index >= 15 is 0 Å². The summed E-state index contributed by atoms with van der Waals surface area (Å²) in [5.74, 6) is -1.77. The zero-order valence-corrected chi connectivity index (χ0v) is 10.2. The van der Waals surface area contributed by atoms with Gasteiger partial charge in [0.05, 0.1) is 0 Å². The van der Waals surface area contributed by atoms with Crippen LogP contribution in [0.3, 0.4) is 0 Å². The number of rotatable bonds is 5. The number of methoxy groups -OCH3 is 1. The molecule has 0 fully saturated rings. The van der Waals surface area contributed by atoms with Gasteiger partial charge in [-0.1, -0.05) is 0 Å². The van der Waals surface area contributed by atoms with Crippen molar-refractivity contribution in [2.45, 2.75) is 5.32 Å². The fourth-order valence-corrected chi connectivity index (χ4v) is 2.80. The average Bonchev–Trinajstić information content (AvgIpc) is 2.25. The predicted octanol–water partition coefficient (Wildman–Crippen LogP) is 0.226. The molecule has 0 saturated carbocycles. The molecular weight excluding hydrogens is 279 g/mol. The molecule has 2 N–H and O–H groups in total. The van der Waals surface area contributed by atoms with Crippen LogP contribution >= 0.6 is 0 Å². The van der Waals surface area contributed by atoms with E-state index in [1.165, 1.54) is 7.11 Å². The molecule has 0 bridgehead atoms. The molecule has 6 heteroatoms. The molecule has 0 saturated heterocycles. The van der Waals surface area contributed by atoms with Crippen LogP contribution in [0.1, 0.15) is 10.4 Å². The topological polar surface area (TPSA) is 83.8 Å². The molecule has 5 nitrogen and oxygen atoms in total. The van der Waals surface area contributed by atoms with Crippen molar-refractivity contribution in [3.63, 3.8) is 0 Å². The SMILES string of the molecule is COc1cccc([Se]CC(=O)O)c1C(=O)O. The van der Waals surface area contributed by atoms with Gasteiger partial charge in [-0.25, -0.2) is 0 Å². The number of hydrogen-bond donors (Lipinski definition) is 2. The summed E-state index contributed by atoms with van der Waals surface area (Å²) in [6, 6.07) is 4.82. The van der Waals surface area contributed by atoms with Gasteiger partial charge in [0.1, 0.15) is 0 Å². The van der Waals surface area contributed by atoms with Crippen LogP contribution in [0.4, 0.5) is 0 Å². The number of hydrogen-bond acceptors (Lipinski definition) is 3. The molecule has 0 amide bonds. The molecule has 1 aromatic carbocycles. The Bertz CT molecular complexity index is 416. The molecule has 86 valence electrons. The number of aromatic carboxylic acids is 1. The van der Waals surface area contributed by atoms with Crippen molar-refractivity contribution in [1.29, 1.82) is 0 Å². The molecule has 0 aromatic heterocycles. The van der Waals surface area contributed by atoms with E-state index in [0.717, 1.165) is 0 Å². The second-order valence-corrected chi connectivity index (χ2v) is 4.96. The fourth-order valence-electron chi connectivity index (χ4n) is 1.15. The minimum absolute atomic E-state index is 0.0412. The first-order chi connectivity index (χ1) is 7.56. The maximum absolute atomic E-state index is 11.0. The summed E-state index contributed by atoms with van der Waals surface area (Å²) >= 11 is -0.409. The Kier molecular flexibility index (Phi) is 4.34. The van der Waals surface area contributed by atoms with Crippen LogP contribution in [0.15, 0.2) is 18.2 Å². The number of carboxylic acid groups (broad SMARTS) is 2. The first-order valence-electron chi connectivity index (χ1n) is 4.31. The van der Waals surface area contributed by atoms with E-state index in [1.54, 1.807) is 18.2 Å². The summed E-state index contributed by atoms with van der Waals surface area (Å²) in [5.41, 5.74) is 0.0613. The van der Waals surface area contributed by atoms with Crippen molar-refractivity contribution >= 4 is 31.4 Å². The maximum atomic E-state index is 11.0. The van der Waals surface area contributed by atoms with Crippen molar-refractivity contribution in [3.8, 4) is 5.75 Å². The predicted molar refractivity (Wildman–Crippen MR) is 57.8 cm³/mol. The summed E-state index contributed by atoms with van der Waals surface area (Å²) in [5, 5.41) is 17.6. The average molecular weight is 289 g/mol. The molecule has 16 heavy (non-hydrogen) atoms. The van der Waals surface area contributed by atoms with E-state index in [0.29, 0.717) is 4.46 Å². The van der Waals surface area contributed by atoms with Gasteiger partial charge >= 0.3 is 97.8 Å². The van der Waals surface area contributed by atoms with Gasteiger partial charge in [-0.15, -0.1) is 0 Å². The van der Waals surface area contributed by atoms with E-state index < -0.39 is 26.9 Å². The third-order valence-electron chi connectivity index (χ3n) is 1.77. The zero-order chi connectivity index (χ0) is 12.1. The van der Waals surface area contributed by atoms with Crippen molar-refractivity contribution in [1.82, 2.24) is 0 Å². The van der Waals surface area contributed by atoms with E-state index in [2.05, 4.69) is 0 Å². The summed E-state index contributed by atoms with van der Waals surface area (Å²) in [6.07, 6.45) is 0. The third kappa shape index (κ3) is 2.98. The molecular formula is C10H10O5Se. The molecule has 0 aliphatic heterocycles. The van der Waals surface area contributed by atoms with Crippen molar-refractivity contribution in [2.75, 3.05) is 7.11 Å². The monoisotopic (exact) mass is 290 g/mol. The van der Waals surface area contributed by atoms with Gasteiger partial charge in [-0.2, -0.15) is 0 Å². The number of benzene rings is 1. The molecule has 1 rings (SSSR count). The van der Waals surface area contributed by atoms with E-state index in [4.69, 9.17) is 14.9 Å². The van der Waals surface area contributed by atoms with Gasteiger partial charge < -0.3 is 0 Å². The molecule has 1 aromatic rings. The van der Waals surface area contributed by atoms with Gasteiger partial charge in [-0.05, 0) is 0 Å². The normalized spacial score (nSPS) is 9.81. The quantitative estimate of drug-likeness (QED) is 0.758. The number of carbonyl (C=O) groups is 2. The van der Waals surface area contributed by atoms with E-state index in [-0.39, 0.29) is 16.6 Å². The first-order valence-corrected chi connectivity index (χ1v) is 6.38. The van der Waals surface area contributed by atoms with Crippen LogP contribution < -0.4 is 9.20 Å². The van der Waals surface area contributed by atoms with Crippen molar-refractivity contribution < 1.29 is 24.5 Å². The van der Waals surface area contributed by atoms with Crippen LogP contribution in [0.25, 0.3) is 0 Å². The Morgan fingerprint density at radius 3 is 2.56 bits per heavy atom. The van der Waals surface area contributed by atoms with Crippen LogP contribution in [-0.4, -0.2) is 44.2 Å². The Hall–Kier alpha value is -1.52. The molecule has 0 spiro atoms. The summed E-state index contributed by atoms with van der Waals surface area (Å²) in [4.78, 5) is 21.5. The number of aliphatic carboxylic acids is 1. The Balaban J connectivity index is 3.07. The van der Waals surface area contributed by atoms with Crippen molar-refractivity contribution in [2.24, 2.45) is 0 Å². The fraction of sp³-hybridized carbons (Fsp3) is 0.200. The van der Waals surface area contributed by atoms with Crippen LogP contribution in [0, 0.1) is 0 Å². The molecule has 0 atom stereocenters. The van der Waals surface area contributed by atoms with Crippen molar-refractivity contribution in [3.05, 3.63) is 23.8 Å². The van der Waals surface area contributed by atoms with E-state index in [9.17, 15) is 9.59 Å². The summed E-state index contributed by atoms with van der Waals surface area (Å²) in [7, 11) is 1.38. The van der Waals surface area contributed by atoms with Gasteiger partial charge in [-0.3, -0.25) is 0 Å². The van der Waals surface area contributed by atoms with Gasteiger partial charge in [0, 0.05) is 0 Å².